The Kier molecular flexibility index (Phi) is 7.78. The molecule has 0 atom stereocenters. The summed E-state index contributed by atoms with van der Waals surface area (Å²) >= 11 is 0. The molecule has 0 bridgehead atoms. The molecule has 0 aliphatic heterocycles. The molecule has 5 aromatic rings. The highest BCUT2D eigenvalue weighted by atomic mass is 19.1. The quantitative estimate of drug-likeness (QED) is 0.212. The molecule has 5 rings (SSSR count). The Bertz CT molecular complexity index is 1640. The molecule has 7 nitrogen and oxygen atoms in total. The Labute approximate surface area is 233 Å². The second-order valence-electron chi connectivity index (χ2n) is 11.2. The normalized spacial score (nSPS) is 11.7. The number of aryl methyl sites for hydroxylation is 1. The van der Waals surface area contributed by atoms with Gasteiger partial charge in [0.25, 0.3) is 0 Å². The SMILES string of the molecule is CCCCCc1cn(-c2c(F)cccc2C(C)(C)C)c(=O)n1Cc1ccc(-c2ccccc2-c2nnn[nH]2)cc1. The van der Waals surface area contributed by atoms with E-state index in [9.17, 15) is 4.79 Å². The lowest BCUT2D eigenvalue weighted by Gasteiger charge is -2.23. The molecule has 40 heavy (non-hydrogen) atoms. The van der Waals surface area contributed by atoms with Crippen molar-refractivity contribution in [3.05, 3.63) is 106 Å². The second kappa shape index (κ2) is 11.4. The lowest BCUT2D eigenvalue weighted by atomic mass is 9.85. The van der Waals surface area contributed by atoms with E-state index in [0.29, 0.717) is 18.1 Å². The van der Waals surface area contributed by atoms with E-state index >= 15 is 4.39 Å². The van der Waals surface area contributed by atoms with Crippen molar-refractivity contribution in [2.75, 3.05) is 0 Å². The molecule has 0 saturated carbocycles. The number of nitrogens with zero attached hydrogens (tertiary/aromatic N) is 5. The van der Waals surface area contributed by atoms with E-state index in [0.717, 1.165) is 59.2 Å². The molecular formula is C32H35FN6O. The molecule has 0 aliphatic rings. The van der Waals surface area contributed by atoms with Crippen LogP contribution in [0.2, 0.25) is 0 Å². The molecule has 0 fully saturated rings. The van der Waals surface area contributed by atoms with Gasteiger partial charge < -0.3 is 0 Å². The lowest BCUT2D eigenvalue weighted by molar-refractivity contribution is 0.560. The van der Waals surface area contributed by atoms with Gasteiger partial charge in [-0.15, -0.1) is 5.10 Å². The average molecular weight is 539 g/mol. The Morgan fingerprint density at radius 2 is 1.68 bits per heavy atom. The van der Waals surface area contributed by atoms with Gasteiger partial charge in [0.2, 0.25) is 0 Å². The van der Waals surface area contributed by atoms with Crippen molar-refractivity contribution in [1.82, 2.24) is 29.8 Å². The third-order valence-corrected chi connectivity index (χ3v) is 7.27. The molecule has 0 radical (unpaired) electrons. The Hall–Kier alpha value is -4.33. The predicted octanol–water partition coefficient (Wildman–Crippen LogP) is 6.70. The van der Waals surface area contributed by atoms with Crippen LogP contribution in [0.15, 0.2) is 77.7 Å². The summed E-state index contributed by atoms with van der Waals surface area (Å²) in [4.78, 5) is 13.9. The maximum atomic E-state index is 15.3. The largest absolute Gasteiger partial charge is 0.333 e. The van der Waals surface area contributed by atoms with Crippen molar-refractivity contribution in [3.63, 3.8) is 0 Å². The van der Waals surface area contributed by atoms with Gasteiger partial charge in [-0.25, -0.2) is 14.3 Å². The van der Waals surface area contributed by atoms with E-state index in [-0.39, 0.29) is 11.1 Å². The first-order chi connectivity index (χ1) is 19.3. The van der Waals surface area contributed by atoms with Gasteiger partial charge in [-0.1, -0.05) is 101 Å². The van der Waals surface area contributed by atoms with Crippen LogP contribution in [-0.4, -0.2) is 29.8 Å². The third kappa shape index (κ3) is 5.52. The molecule has 0 amide bonds. The van der Waals surface area contributed by atoms with Crippen molar-refractivity contribution in [3.8, 4) is 28.2 Å². The molecule has 206 valence electrons. The van der Waals surface area contributed by atoms with E-state index in [1.54, 1.807) is 10.6 Å². The topological polar surface area (TPSA) is 81.4 Å². The molecule has 1 N–H and O–H groups in total. The number of aromatic nitrogens is 6. The van der Waals surface area contributed by atoms with E-state index in [1.165, 1.54) is 10.6 Å². The van der Waals surface area contributed by atoms with Gasteiger partial charge in [-0.05, 0) is 57.0 Å². The van der Waals surface area contributed by atoms with Crippen LogP contribution in [0.4, 0.5) is 4.39 Å². The van der Waals surface area contributed by atoms with Crippen molar-refractivity contribution >= 4 is 0 Å². The van der Waals surface area contributed by atoms with Crippen LogP contribution in [0.1, 0.15) is 63.8 Å². The Balaban J connectivity index is 1.52. The first-order valence-corrected chi connectivity index (χ1v) is 13.8. The van der Waals surface area contributed by atoms with Crippen LogP contribution in [0.3, 0.4) is 0 Å². The van der Waals surface area contributed by atoms with Gasteiger partial charge in [0.1, 0.15) is 5.82 Å². The van der Waals surface area contributed by atoms with Gasteiger partial charge in [0, 0.05) is 17.5 Å². The third-order valence-electron chi connectivity index (χ3n) is 7.27. The van der Waals surface area contributed by atoms with Gasteiger partial charge in [0.15, 0.2) is 5.82 Å². The number of aromatic amines is 1. The standard InChI is InChI=1S/C32H35FN6O/c1-5-6-7-11-24-21-39(29-27(32(2,3)4)14-10-15-28(29)33)31(40)38(24)20-22-16-18-23(19-17-22)25-12-8-9-13-26(25)30-34-36-37-35-30/h8-10,12-19,21H,5-7,11,20H2,1-4H3,(H,34,35,36,37). The number of benzene rings is 3. The number of halogens is 1. The zero-order chi connectivity index (χ0) is 28.3. The summed E-state index contributed by atoms with van der Waals surface area (Å²) in [6, 6.07) is 21.2. The fourth-order valence-corrected chi connectivity index (χ4v) is 5.16. The van der Waals surface area contributed by atoms with E-state index in [2.05, 4.69) is 27.5 Å². The summed E-state index contributed by atoms with van der Waals surface area (Å²) in [6.07, 6.45) is 5.71. The van der Waals surface area contributed by atoms with Crippen LogP contribution >= 0.6 is 0 Å². The minimum absolute atomic E-state index is 0.227. The fourth-order valence-electron chi connectivity index (χ4n) is 5.16. The van der Waals surface area contributed by atoms with Gasteiger partial charge in [-0.2, -0.15) is 0 Å². The fraction of sp³-hybridized carbons (Fsp3) is 0.312. The van der Waals surface area contributed by atoms with Crippen LogP contribution < -0.4 is 5.69 Å². The van der Waals surface area contributed by atoms with Crippen LogP contribution in [0, 0.1) is 5.82 Å². The molecule has 2 heterocycles. The van der Waals surface area contributed by atoms with Crippen LogP contribution in [0.25, 0.3) is 28.2 Å². The summed E-state index contributed by atoms with van der Waals surface area (Å²) in [5.41, 5.74) is 5.42. The molecule has 0 aliphatic carbocycles. The summed E-state index contributed by atoms with van der Waals surface area (Å²) in [5.74, 6) is 0.212. The number of H-pyrrole nitrogens is 1. The van der Waals surface area contributed by atoms with Crippen LogP contribution in [0.5, 0.6) is 0 Å². The molecule has 3 aromatic carbocycles. The molecule has 0 unspecified atom stereocenters. The van der Waals surface area contributed by atoms with Crippen molar-refractivity contribution in [2.45, 2.75) is 65.3 Å². The highest BCUT2D eigenvalue weighted by Gasteiger charge is 2.24. The zero-order valence-electron chi connectivity index (χ0n) is 23.5. The highest BCUT2D eigenvalue weighted by Crippen LogP contribution is 2.31. The summed E-state index contributed by atoms with van der Waals surface area (Å²) in [5, 5.41) is 14.3. The summed E-state index contributed by atoms with van der Waals surface area (Å²) < 4.78 is 18.6. The van der Waals surface area contributed by atoms with Gasteiger partial charge in [-0.3, -0.25) is 9.13 Å². The minimum atomic E-state index is -0.392. The van der Waals surface area contributed by atoms with Crippen molar-refractivity contribution < 1.29 is 4.39 Å². The molecule has 8 heteroatoms. The minimum Gasteiger partial charge on any atom is -0.292 e. The first-order valence-electron chi connectivity index (χ1n) is 13.8. The van der Waals surface area contributed by atoms with Gasteiger partial charge in [0.05, 0.1) is 12.2 Å². The summed E-state index contributed by atoms with van der Waals surface area (Å²) in [6.45, 7) is 8.67. The number of para-hydroxylation sites is 1. The van der Waals surface area contributed by atoms with Crippen molar-refractivity contribution in [1.29, 1.82) is 0 Å². The number of nitrogens with one attached hydrogen (secondary N) is 1. The second-order valence-corrected chi connectivity index (χ2v) is 11.2. The number of unbranched alkanes of at least 4 members (excludes halogenated alkanes) is 2. The monoisotopic (exact) mass is 538 g/mol. The lowest BCUT2D eigenvalue weighted by Crippen LogP contribution is -2.27. The Morgan fingerprint density at radius 3 is 2.35 bits per heavy atom. The first kappa shape index (κ1) is 27.2. The molecule has 2 aromatic heterocycles. The number of imidazole rings is 1. The Morgan fingerprint density at radius 1 is 0.925 bits per heavy atom. The van der Waals surface area contributed by atoms with Gasteiger partial charge >= 0.3 is 5.69 Å². The zero-order valence-corrected chi connectivity index (χ0v) is 23.5. The maximum Gasteiger partial charge on any atom is 0.333 e. The smallest absolute Gasteiger partial charge is 0.292 e. The van der Waals surface area contributed by atoms with E-state index < -0.39 is 5.82 Å². The predicted molar refractivity (Wildman–Crippen MR) is 156 cm³/mol. The average Bonchev–Trinajstić information content (AvgIpc) is 3.58. The highest BCUT2D eigenvalue weighted by molar-refractivity contribution is 5.80. The van der Waals surface area contributed by atoms with Crippen LogP contribution in [-0.2, 0) is 18.4 Å². The number of rotatable bonds is 9. The van der Waals surface area contributed by atoms with E-state index in [4.69, 9.17) is 0 Å². The summed E-state index contributed by atoms with van der Waals surface area (Å²) in [7, 11) is 0. The van der Waals surface area contributed by atoms with E-state index in [1.807, 2.05) is 81.6 Å². The molecule has 0 saturated heterocycles. The number of hydrogen-bond acceptors (Lipinski definition) is 4. The molecular weight excluding hydrogens is 503 g/mol. The molecule has 0 spiro atoms. The number of hydrogen-bond donors (Lipinski definition) is 1. The number of tetrazole rings is 1. The maximum absolute atomic E-state index is 15.3. The van der Waals surface area contributed by atoms with Crippen molar-refractivity contribution in [2.24, 2.45) is 0 Å².